The largest absolute Gasteiger partial charge is 0.465 e. The van der Waals surface area contributed by atoms with Gasteiger partial charge in [-0.3, -0.25) is 10.1 Å². The Hall–Kier alpha value is -1.27. The molecule has 1 saturated heterocycles. The van der Waals surface area contributed by atoms with Gasteiger partial charge in [-0.2, -0.15) is 13.2 Å². The van der Waals surface area contributed by atoms with Crippen LogP contribution in [0.2, 0.25) is 5.02 Å². The molecule has 0 aromatic heterocycles. The van der Waals surface area contributed by atoms with Crippen molar-refractivity contribution in [2.45, 2.75) is 38.0 Å². The highest BCUT2D eigenvalue weighted by Gasteiger charge is 2.35. The highest BCUT2D eigenvalue weighted by Crippen LogP contribution is 2.36. The van der Waals surface area contributed by atoms with E-state index in [2.05, 4.69) is 5.32 Å². The molecule has 0 bridgehead atoms. The molecule has 2 atom stereocenters. The van der Waals surface area contributed by atoms with Gasteiger partial charge >= 0.3 is 12.1 Å². The lowest BCUT2D eigenvalue weighted by Gasteiger charge is -2.17. The number of esters is 1. The molecule has 3 nitrogen and oxygen atoms in total. The molecule has 7 heteroatoms. The van der Waals surface area contributed by atoms with E-state index in [1.54, 1.807) is 6.92 Å². The van der Waals surface area contributed by atoms with Crippen molar-refractivity contribution in [3.05, 3.63) is 34.3 Å². The fourth-order valence-corrected chi connectivity index (χ4v) is 2.65. The molecule has 1 fully saturated rings. The van der Waals surface area contributed by atoms with Crippen LogP contribution in [0.3, 0.4) is 0 Å². The lowest BCUT2D eigenvalue weighted by molar-refractivity contribution is -0.145. The lowest BCUT2D eigenvalue weighted by atomic mass is 10.0. The average molecular weight is 322 g/mol. The Balaban J connectivity index is 2.18. The van der Waals surface area contributed by atoms with E-state index in [0.717, 1.165) is 12.1 Å². The molecule has 2 unspecified atom stereocenters. The maximum atomic E-state index is 12.8. The first kappa shape index (κ1) is 16.1. The zero-order chi connectivity index (χ0) is 15.6. The van der Waals surface area contributed by atoms with Crippen molar-refractivity contribution in [1.82, 2.24) is 5.32 Å². The smallest absolute Gasteiger partial charge is 0.416 e. The molecule has 0 radical (unpaired) electrons. The fourth-order valence-electron chi connectivity index (χ4n) is 2.40. The summed E-state index contributed by atoms with van der Waals surface area (Å²) in [5.74, 6) is -0.386. The summed E-state index contributed by atoms with van der Waals surface area (Å²) < 4.78 is 43.2. The van der Waals surface area contributed by atoms with Gasteiger partial charge in [0.1, 0.15) is 6.04 Å². The molecule has 1 aliphatic rings. The van der Waals surface area contributed by atoms with Gasteiger partial charge in [-0.05, 0) is 43.5 Å². The minimum absolute atomic E-state index is 0.255. The van der Waals surface area contributed by atoms with Crippen LogP contribution >= 0.6 is 11.6 Å². The summed E-state index contributed by atoms with van der Waals surface area (Å²) in [7, 11) is 0. The minimum Gasteiger partial charge on any atom is -0.465 e. The SMILES string of the molecule is CCOC(=O)C1CCC(c2cc(C(F)(F)F)ccc2Cl)N1. The Bertz CT molecular complexity index is 533. The average Bonchev–Trinajstić information content (AvgIpc) is 2.87. The number of benzene rings is 1. The van der Waals surface area contributed by atoms with E-state index in [-0.39, 0.29) is 23.6 Å². The van der Waals surface area contributed by atoms with E-state index in [1.807, 2.05) is 0 Å². The molecule has 2 rings (SSSR count). The van der Waals surface area contributed by atoms with Gasteiger partial charge in [-0.15, -0.1) is 0 Å². The summed E-state index contributed by atoms with van der Waals surface area (Å²) in [4.78, 5) is 11.6. The number of carbonyl (C=O) groups excluding carboxylic acids is 1. The van der Waals surface area contributed by atoms with Crippen LogP contribution in [-0.4, -0.2) is 18.6 Å². The zero-order valence-corrected chi connectivity index (χ0v) is 12.1. The Labute approximate surface area is 125 Å². The van der Waals surface area contributed by atoms with Crippen molar-refractivity contribution >= 4 is 17.6 Å². The summed E-state index contributed by atoms with van der Waals surface area (Å²) in [5, 5.41) is 3.24. The van der Waals surface area contributed by atoms with Gasteiger partial charge < -0.3 is 4.74 Å². The Morgan fingerprint density at radius 3 is 2.76 bits per heavy atom. The van der Waals surface area contributed by atoms with Crippen LogP contribution in [0.25, 0.3) is 0 Å². The first-order valence-corrected chi connectivity index (χ1v) is 7.00. The number of hydrogen-bond acceptors (Lipinski definition) is 3. The first-order chi connectivity index (χ1) is 9.82. The lowest BCUT2D eigenvalue weighted by Crippen LogP contribution is -2.33. The predicted molar refractivity (Wildman–Crippen MR) is 72.0 cm³/mol. The number of nitrogens with one attached hydrogen (secondary N) is 1. The van der Waals surface area contributed by atoms with Crippen molar-refractivity contribution in [3.8, 4) is 0 Å². The van der Waals surface area contributed by atoms with Crippen LogP contribution < -0.4 is 5.32 Å². The van der Waals surface area contributed by atoms with Crippen LogP contribution in [0.15, 0.2) is 18.2 Å². The second-order valence-electron chi connectivity index (χ2n) is 4.84. The minimum atomic E-state index is -4.42. The van der Waals surface area contributed by atoms with Gasteiger partial charge in [0.15, 0.2) is 0 Å². The molecule has 0 saturated carbocycles. The van der Waals surface area contributed by atoms with E-state index < -0.39 is 17.8 Å². The number of ether oxygens (including phenoxy) is 1. The van der Waals surface area contributed by atoms with Gasteiger partial charge in [0, 0.05) is 11.1 Å². The van der Waals surface area contributed by atoms with E-state index in [4.69, 9.17) is 16.3 Å². The maximum Gasteiger partial charge on any atom is 0.416 e. The van der Waals surface area contributed by atoms with Crippen molar-refractivity contribution in [1.29, 1.82) is 0 Å². The second-order valence-corrected chi connectivity index (χ2v) is 5.24. The second kappa shape index (κ2) is 6.23. The summed E-state index contributed by atoms with van der Waals surface area (Å²) in [6, 6.07) is 2.34. The highest BCUT2D eigenvalue weighted by molar-refractivity contribution is 6.31. The van der Waals surface area contributed by atoms with Gasteiger partial charge in [0.2, 0.25) is 0 Å². The molecule has 0 amide bonds. The molecule has 1 heterocycles. The van der Waals surface area contributed by atoms with Crippen LogP contribution in [0.1, 0.15) is 36.9 Å². The summed E-state index contributed by atoms with van der Waals surface area (Å²) >= 11 is 5.99. The Morgan fingerprint density at radius 2 is 2.14 bits per heavy atom. The number of alkyl halides is 3. The molecule has 0 spiro atoms. The Morgan fingerprint density at radius 1 is 1.43 bits per heavy atom. The fraction of sp³-hybridized carbons (Fsp3) is 0.500. The van der Waals surface area contributed by atoms with E-state index in [9.17, 15) is 18.0 Å². The van der Waals surface area contributed by atoms with Gasteiger partial charge in [0.05, 0.1) is 12.2 Å². The maximum absolute atomic E-state index is 12.8. The van der Waals surface area contributed by atoms with Crippen LogP contribution in [0.5, 0.6) is 0 Å². The monoisotopic (exact) mass is 321 g/mol. The normalized spacial score (nSPS) is 22.3. The molecule has 1 N–H and O–H groups in total. The van der Waals surface area contributed by atoms with E-state index in [1.165, 1.54) is 6.07 Å². The third-order valence-corrected chi connectivity index (χ3v) is 3.76. The highest BCUT2D eigenvalue weighted by atomic mass is 35.5. The molecular weight excluding hydrogens is 307 g/mol. The number of carbonyl (C=O) groups is 1. The molecule has 1 aromatic carbocycles. The molecule has 1 aliphatic heterocycles. The molecule has 1 aromatic rings. The summed E-state index contributed by atoms with van der Waals surface area (Å²) in [6.45, 7) is 1.97. The number of hydrogen-bond donors (Lipinski definition) is 1. The van der Waals surface area contributed by atoms with E-state index in [0.29, 0.717) is 18.4 Å². The van der Waals surface area contributed by atoms with Gasteiger partial charge in [-0.25, -0.2) is 0 Å². The van der Waals surface area contributed by atoms with Crippen molar-refractivity contribution < 1.29 is 22.7 Å². The van der Waals surface area contributed by atoms with Crippen molar-refractivity contribution in [3.63, 3.8) is 0 Å². The van der Waals surface area contributed by atoms with E-state index >= 15 is 0 Å². The molecule has 0 aliphatic carbocycles. The molecule has 116 valence electrons. The number of halogens is 4. The molecule has 21 heavy (non-hydrogen) atoms. The van der Waals surface area contributed by atoms with Crippen LogP contribution in [0.4, 0.5) is 13.2 Å². The van der Waals surface area contributed by atoms with Gasteiger partial charge in [0.25, 0.3) is 0 Å². The van der Waals surface area contributed by atoms with Crippen molar-refractivity contribution in [2.75, 3.05) is 6.61 Å². The predicted octanol–water partition coefficient (Wildman–Crippen LogP) is 3.72. The standard InChI is InChI=1S/C14H15ClF3NO2/c1-2-21-13(20)12-6-5-11(19-12)9-7-8(14(16,17)18)3-4-10(9)15/h3-4,7,11-12,19H,2,5-6H2,1H3. The van der Waals surface area contributed by atoms with Gasteiger partial charge in [-0.1, -0.05) is 11.6 Å². The first-order valence-electron chi connectivity index (χ1n) is 6.62. The third-order valence-electron chi connectivity index (χ3n) is 3.42. The molecular formula is C14H15ClF3NO2. The quantitative estimate of drug-likeness (QED) is 0.862. The van der Waals surface area contributed by atoms with Crippen LogP contribution in [0, 0.1) is 0 Å². The Kier molecular flexibility index (Phi) is 4.78. The topological polar surface area (TPSA) is 38.3 Å². The number of rotatable bonds is 3. The summed E-state index contributed by atoms with van der Waals surface area (Å²) in [6.07, 6.45) is -3.38. The van der Waals surface area contributed by atoms with Crippen molar-refractivity contribution in [2.24, 2.45) is 0 Å². The third kappa shape index (κ3) is 3.68. The zero-order valence-electron chi connectivity index (χ0n) is 11.3. The van der Waals surface area contributed by atoms with Crippen LogP contribution in [-0.2, 0) is 15.7 Å². The summed E-state index contributed by atoms with van der Waals surface area (Å²) in [5.41, 5.74) is -0.387.